The predicted octanol–water partition coefficient (Wildman–Crippen LogP) is 3.75. The Morgan fingerprint density at radius 1 is 1.15 bits per heavy atom. The van der Waals surface area contributed by atoms with Crippen LogP contribution in [0, 0.1) is 0 Å². The van der Waals surface area contributed by atoms with E-state index in [9.17, 15) is 4.79 Å². The normalized spacial score (nSPS) is 17.1. The van der Waals surface area contributed by atoms with Crippen LogP contribution < -0.4 is 4.74 Å². The number of benzene rings is 1. The lowest BCUT2D eigenvalue weighted by molar-refractivity contribution is 0.0699. The molecule has 0 spiro atoms. The minimum Gasteiger partial charge on any atom is -0.437 e. The van der Waals surface area contributed by atoms with E-state index in [-0.39, 0.29) is 11.8 Å². The van der Waals surface area contributed by atoms with Gasteiger partial charge in [0.1, 0.15) is 17.1 Å². The van der Waals surface area contributed by atoms with Crippen molar-refractivity contribution < 1.29 is 9.53 Å². The Bertz CT molecular complexity index is 870. The topological polar surface area (TPSA) is 68.2 Å². The fourth-order valence-corrected chi connectivity index (χ4v) is 3.69. The van der Waals surface area contributed by atoms with Crippen molar-refractivity contribution in [3.05, 3.63) is 65.0 Å². The Morgan fingerprint density at radius 3 is 2.81 bits per heavy atom. The third kappa shape index (κ3) is 3.57. The van der Waals surface area contributed by atoms with Gasteiger partial charge in [-0.2, -0.15) is 0 Å². The maximum absolute atomic E-state index is 12.6. The predicted molar refractivity (Wildman–Crippen MR) is 98.5 cm³/mol. The first kappa shape index (κ1) is 16.7. The second-order valence-electron chi connectivity index (χ2n) is 6.13. The summed E-state index contributed by atoms with van der Waals surface area (Å²) in [5.41, 5.74) is 2.99. The molecule has 3 heterocycles. The number of carbonyl (C=O) groups excluding carboxylic acids is 1. The summed E-state index contributed by atoms with van der Waals surface area (Å²) in [5.74, 6) is 1.30. The van der Waals surface area contributed by atoms with E-state index in [1.54, 1.807) is 23.3 Å². The minimum absolute atomic E-state index is 0.0228. The summed E-state index contributed by atoms with van der Waals surface area (Å²) in [5, 5.41) is 1.79. The van der Waals surface area contributed by atoms with Crippen LogP contribution in [-0.4, -0.2) is 38.8 Å². The second-order valence-corrected chi connectivity index (χ2v) is 6.84. The number of amides is 1. The Balaban J connectivity index is 1.54. The molecule has 132 valence electrons. The van der Waals surface area contributed by atoms with Gasteiger partial charge in [-0.15, -0.1) is 11.3 Å². The van der Waals surface area contributed by atoms with E-state index in [0.29, 0.717) is 18.1 Å². The first-order valence-electron chi connectivity index (χ1n) is 8.52. The van der Waals surface area contributed by atoms with Crippen LogP contribution >= 0.6 is 11.3 Å². The van der Waals surface area contributed by atoms with Gasteiger partial charge in [-0.05, 0) is 25.0 Å². The number of hydrogen-bond acceptors (Lipinski definition) is 6. The van der Waals surface area contributed by atoms with E-state index in [1.165, 1.54) is 11.3 Å². The number of piperidine rings is 1. The molecule has 0 N–H and O–H groups in total. The lowest BCUT2D eigenvalue weighted by atomic mass is 9.94. The van der Waals surface area contributed by atoms with Gasteiger partial charge < -0.3 is 9.64 Å². The number of rotatable bonds is 4. The van der Waals surface area contributed by atoms with Gasteiger partial charge in [0.2, 0.25) is 5.88 Å². The maximum atomic E-state index is 12.6. The first-order valence-corrected chi connectivity index (χ1v) is 9.47. The van der Waals surface area contributed by atoms with Crippen LogP contribution in [0.25, 0.3) is 0 Å². The van der Waals surface area contributed by atoms with Crippen LogP contribution in [0.1, 0.15) is 34.9 Å². The summed E-state index contributed by atoms with van der Waals surface area (Å²) in [4.78, 5) is 27.5. The lowest BCUT2D eigenvalue weighted by Gasteiger charge is -2.32. The van der Waals surface area contributed by atoms with Gasteiger partial charge in [-0.25, -0.2) is 9.97 Å². The van der Waals surface area contributed by atoms with Gasteiger partial charge in [-0.1, -0.05) is 18.2 Å². The highest BCUT2D eigenvalue weighted by Crippen LogP contribution is 2.32. The van der Waals surface area contributed by atoms with Crippen LogP contribution in [0.5, 0.6) is 11.6 Å². The zero-order valence-electron chi connectivity index (χ0n) is 14.1. The zero-order chi connectivity index (χ0) is 17.8. The van der Waals surface area contributed by atoms with Crippen LogP contribution in [-0.2, 0) is 0 Å². The molecule has 3 aromatic rings. The SMILES string of the molecule is O=C(c1cscn1)N1CCC[C@H](c2nccnc2Oc2ccccc2)C1. The fourth-order valence-electron chi connectivity index (χ4n) is 3.16. The van der Waals surface area contributed by atoms with Gasteiger partial charge in [0.25, 0.3) is 5.91 Å². The van der Waals surface area contributed by atoms with Crippen LogP contribution in [0.3, 0.4) is 0 Å². The molecular formula is C19H18N4O2S. The number of likely N-dealkylation sites (tertiary alicyclic amines) is 1. The van der Waals surface area contributed by atoms with Gasteiger partial charge in [0, 0.05) is 36.8 Å². The number of ether oxygens (including phenoxy) is 1. The maximum Gasteiger partial charge on any atom is 0.273 e. The molecule has 1 aliphatic heterocycles. The van der Waals surface area contributed by atoms with Gasteiger partial charge in [0.05, 0.1) is 5.51 Å². The average molecular weight is 366 g/mol. The molecule has 1 saturated heterocycles. The fraction of sp³-hybridized carbons (Fsp3) is 0.263. The molecule has 0 saturated carbocycles. The average Bonchev–Trinajstić information content (AvgIpc) is 3.24. The van der Waals surface area contributed by atoms with Crippen molar-refractivity contribution in [1.29, 1.82) is 0 Å². The Morgan fingerprint density at radius 2 is 2.00 bits per heavy atom. The molecule has 1 atom stereocenters. The van der Waals surface area contributed by atoms with Crippen molar-refractivity contribution in [2.45, 2.75) is 18.8 Å². The highest BCUT2D eigenvalue weighted by Gasteiger charge is 2.29. The molecule has 1 aliphatic rings. The summed E-state index contributed by atoms with van der Waals surface area (Å²) in [6, 6.07) is 9.54. The van der Waals surface area contributed by atoms with Crippen molar-refractivity contribution >= 4 is 17.2 Å². The third-order valence-electron chi connectivity index (χ3n) is 4.40. The van der Waals surface area contributed by atoms with E-state index in [2.05, 4.69) is 15.0 Å². The molecule has 0 radical (unpaired) electrons. The molecule has 0 unspecified atom stereocenters. The molecular weight excluding hydrogens is 348 g/mol. The standard InChI is InChI=1S/C19H18N4O2S/c24-19(16-12-26-13-22-16)23-10-4-5-14(11-23)17-18(21-9-8-20-17)25-15-6-2-1-3-7-15/h1-3,6-9,12-14H,4-5,10-11H2/t14-/m0/s1. The number of aromatic nitrogens is 3. The summed E-state index contributed by atoms with van der Waals surface area (Å²) in [6.07, 6.45) is 5.17. The van der Waals surface area contributed by atoms with E-state index >= 15 is 0 Å². The van der Waals surface area contributed by atoms with Gasteiger partial charge in [0.15, 0.2) is 0 Å². The third-order valence-corrected chi connectivity index (χ3v) is 4.98. The number of hydrogen-bond donors (Lipinski definition) is 0. The van der Waals surface area contributed by atoms with Crippen molar-refractivity contribution in [1.82, 2.24) is 19.9 Å². The Hall–Kier alpha value is -2.80. The molecule has 2 aromatic heterocycles. The van der Waals surface area contributed by atoms with E-state index in [0.717, 1.165) is 30.8 Å². The highest BCUT2D eigenvalue weighted by atomic mass is 32.1. The quantitative estimate of drug-likeness (QED) is 0.703. The smallest absolute Gasteiger partial charge is 0.273 e. The molecule has 26 heavy (non-hydrogen) atoms. The minimum atomic E-state index is -0.0228. The van der Waals surface area contributed by atoms with Crippen LogP contribution in [0.15, 0.2) is 53.6 Å². The van der Waals surface area contributed by atoms with E-state index in [4.69, 9.17) is 4.74 Å². The van der Waals surface area contributed by atoms with Crippen LogP contribution in [0.2, 0.25) is 0 Å². The molecule has 1 fully saturated rings. The first-order chi connectivity index (χ1) is 12.8. The van der Waals surface area contributed by atoms with E-state index < -0.39 is 0 Å². The number of para-hydroxylation sites is 1. The summed E-state index contributed by atoms with van der Waals surface area (Å²) in [7, 11) is 0. The van der Waals surface area contributed by atoms with Crippen LogP contribution in [0.4, 0.5) is 0 Å². The highest BCUT2D eigenvalue weighted by molar-refractivity contribution is 7.07. The van der Waals surface area contributed by atoms with Gasteiger partial charge >= 0.3 is 0 Å². The monoisotopic (exact) mass is 366 g/mol. The largest absolute Gasteiger partial charge is 0.437 e. The molecule has 0 aliphatic carbocycles. The summed E-state index contributed by atoms with van der Waals surface area (Å²) < 4.78 is 5.94. The number of nitrogens with zero attached hydrogens (tertiary/aromatic N) is 4. The second kappa shape index (κ2) is 7.61. The molecule has 6 nitrogen and oxygen atoms in total. The molecule has 4 rings (SSSR count). The zero-order valence-corrected chi connectivity index (χ0v) is 14.9. The van der Waals surface area contributed by atoms with Gasteiger partial charge in [-0.3, -0.25) is 9.78 Å². The summed E-state index contributed by atoms with van der Waals surface area (Å²) in [6.45, 7) is 1.34. The molecule has 1 aromatic carbocycles. The van der Waals surface area contributed by atoms with Crippen molar-refractivity contribution in [2.24, 2.45) is 0 Å². The summed E-state index contributed by atoms with van der Waals surface area (Å²) >= 11 is 1.43. The molecule has 0 bridgehead atoms. The Kier molecular flexibility index (Phi) is 4.88. The van der Waals surface area contributed by atoms with Crippen molar-refractivity contribution in [3.63, 3.8) is 0 Å². The lowest BCUT2D eigenvalue weighted by Crippen LogP contribution is -2.39. The van der Waals surface area contributed by atoms with Crippen molar-refractivity contribution in [3.8, 4) is 11.6 Å². The number of thiazole rings is 1. The Labute approximate surface area is 155 Å². The molecule has 7 heteroatoms. The van der Waals surface area contributed by atoms with E-state index in [1.807, 2.05) is 35.2 Å². The van der Waals surface area contributed by atoms with Crippen molar-refractivity contribution in [2.75, 3.05) is 13.1 Å². The molecule has 1 amide bonds. The number of carbonyl (C=O) groups is 1.